The third-order valence-corrected chi connectivity index (χ3v) is 6.69. The van der Waals surface area contributed by atoms with Gasteiger partial charge in [-0.2, -0.15) is 0 Å². The van der Waals surface area contributed by atoms with E-state index in [1.165, 1.54) is 24.0 Å². The molecule has 0 radical (unpaired) electrons. The lowest BCUT2D eigenvalue weighted by Gasteiger charge is -2.40. The third kappa shape index (κ3) is 1.93. The predicted molar refractivity (Wildman–Crippen MR) is 99.6 cm³/mol. The van der Waals surface area contributed by atoms with Crippen molar-refractivity contribution >= 4 is 11.6 Å². The Labute approximate surface area is 149 Å². The van der Waals surface area contributed by atoms with Gasteiger partial charge in [0.25, 0.3) is 0 Å². The van der Waals surface area contributed by atoms with Gasteiger partial charge in [0.1, 0.15) is 0 Å². The van der Waals surface area contributed by atoms with E-state index in [0.29, 0.717) is 12.5 Å². The van der Waals surface area contributed by atoms with Gasteiger partial charge in [0.05, 0.1) is 12.0 Å². The Kier molecular flexibility index (Phi) is 3.29. The van der Waals surface area contributed by atoms with Gasteiger partial charge < -0.3 is 10.2 Å². The van der Waals surface area contributed by atoms with Gasteiger partial charge in [-0.05, 0) is 43.0 Å². The normalized spacial score (nSPS) is 26.7. The number of fused-ring (bicyclic) bond motifs is 3. The minimum absolute atomic E-state index is 0.0361. The van der Waals surface area contributed by atoms with Gasteiger partial charge in [0.15, 0.2) is 0 Å². The van der Waals surface area contributed by atoms with Crippen LogP contribution in [0.25, 0.3) is 0 Å². The largest absolute Gasteiger partial charge is 0.310 e. The molecule has 2 heterocycles. The van der Waals surface area contributed by atoms with Crippen LogP contribution in [-0.4, -0.2) is 18.0 Å². The van der Waals surface area contributed by atoms with E-state index in [4.69, 9.17) is 0 Å². The molecular weight excluding hydrogens is 308 g/mol. The van der Waals surface area contributed by atoms with Crippen LogP contribution in [0.5, 0.6) is 0 Å². The Bertz CT molecular complexity index is 804. The fourth-order valence-electron chi connectivity index (χ4n) is 5.61. The summed E-state index contributed by atoms with van der Waals surface area (Å²) in [5.41, 5.74) is 3.16. The summed E-state index contributed by atoms with van der Waals surface area (Å²) in [6, 6.07) is 18.8. The monoisotopic (exact) mass is 332 g/mol. The van der Waals surface area contributed by atoms with Crippen LogP contribution in [0, 0.1) is 0 Å². The number of hydrogen-bond acceptors (Lipinski definition) is 2. The molecule has 1 saturated carbocycles. The van der Waals surface area contributed by atoms with E-state index in [0.717, 1.165) is 31.5 Å². The van der Waals surface area contributed by atoms with E-state index in [1.54, 1.807) is 0 Å². The average Bonchev–Trinajstić information content (AvgIpc) is 3.34. The highest BCUT2D eigenvalue weighted by molar-refractivity contribution is 6.09. The standard InChI is InChI=1S/C22H24N2O/c25-20-22(14-15-23-21(22)12-6-7-13-21)18-10-4-5-11-19(18)24(20)16-17-8-2-1-3-9-17/h1-5,8-11,23H,6-7,12-16H2. The molecule has 1 saturated heterocycles. The van der Waals surface area contributed by atoms with Crippen molar-refractivity contribution in [3.05, 3.63) is 65.7 Å². The first-order valence-corrected chi connectivity index (χ1v) is 9.47. The average molecular weight is 332 g/mol. The van der Waals surface area contributed by atoms with Crippen molar-refractivity contribution in [1.29, 1.82) is 0 Å². The van der Waals surface area contributed by atoms with Crippen molar-refractivity contribution in [2.45, 2.75) is 49.6 Å². The molecule has 1 N–H and O–H groups in total. The number of nitrogens with one attached hydrogen (secondary N) is 1. The first-order chi connectivity index (χ1) is 12.3. The maximum absolute atomic E-state index is 13.8. The van der Waals surface area contributed by atoms with Crippen molar-refractivity contribution in [2.24, 2.45) is 0 Å². The van der Waals surface area contributed by atoms with E-state index in [9.17, 15) is 4.79 Å². The number of nitrogens with zero attached hydrogens (tertiary/aromatic N) is 1. The SMILES string of the molecule is O=C1N(Cc2ccccc2)c2ccccc2C12CCNC21CCCC1. The summed E-state index contributed by atoms with van der Waals surface area (Å²) in [4.78, 5) is 15.9. The number of amides is 1. The van der Waals surface area contributed by atoms with Gasteiger partial charge in [-0.15, -0.1) is 0 Å². The van der Waals surface area contributed by atoms with E-state index >= 15 is 0 Å². The zero-order chi connectivity index (χ0) is 16.9. The van der Waals surface area contributed by atoms with Crippen LogP contribution in [0.1, 0.15) is 43.2 Å². The van der Waals surface area contributed by atoms with Crippen LogP contribution in [0.3, 0.4) is 0 Å². The molecule has 2 aromatic carbocycles. The molecule has 3 aliphatic rings. The molecule has 0 aromatic heterocycles. The molecule has 1 amide bonds. The smallest absolute Gasteiger partial charge is 0.239 e. The highest BCUT2D eigenvalue weighted by Gasteiger charge is 2.65. The van der Waals surface area contributed by atoms with E-state index < -0.39 is 0 Å². The Morgan fingerprint density at radius 3 is 2.44 bits per heavy atom. The van der Waals surface area contributed by atoms with Crippen molar-refractivity contribution in [1.82, 2.24) is 5.32 Å². The van der Waals surface area contributed by atoms with Crippen molar-refractivity contribution in [2.75, 3.05) is 11.4 Å². The fraction of sp³-hybridized carbons (Fsp3) is 0.409. The summed E-state index contributed by atoms with van der Waals surface area (Å²) in [7, 11) is 0. The minimum atomic E-state index is -0.366. The molecule has 0 bridgehead atoms. The summed E-state index contributed by atoms with van der Waals surface area (Å²) >= 11 is 0. The number of hydrogen-bond donors (Lipinski definition) is 1. The zero-order valence-corrected chi connectivity index (χ0v) is 14.5. The van der Waals surface area contributed by atoms with Crippen LogP contribution in [-0.2, 0) is 16.8 Å². The summed E-state index contributed by atoms with van der Waals surface area (Å²) in [5.74, 6) is 0.310. The van der Waals surface area contributed by atoms with Gasteiger partial charge in [-0.3, -0.25) is 4.79 Å². The van der Waals surface area contributed by atoms with Gasteiger partial charge in [-0.25, -0.2) is 0 Å². The third-order valence-electron chi connectivity index (χ3n) is 6.69. The van der Waals surface area contributed by atoms with Crippen molar-refractivity contribution in [3.63, 3.8) is 0 Å². The molecule has 3 heteroatoms. The van der Waals surface area contributed by atoms with Gasteiger partial charge in [-0.1, -0.05) is 61.4 Å². The molecule has 2 spiro atoms. The number of carbonyl (C=O) groups is 1. The quantitative estimate of drug-likeness (QED) is 0.908. The first kappa shape index (κ1) is 15.2. The summed E-state index contributed by atoms with van der Waals surface area (Å²) < 4.78 is 0. The molecule has 5 rings (SSSR count). The summed E-state index contributed by atoms with van der Waals surface area (Å²) in [6.07, 6.45) is 5.61. The Balaban J connectivity index is 1.64. The lowest BCUT2D eigenvalue weighted by molar-refractivity contribution is -0.125. The topological polar surface area (TPSA) is 32.3 Å². The van der Waals surface area contributed by atoms with Crippen LogP contribution in [0.2, 0.25) is 0 Å². The second kappa shape index (κ2) is 5.43. The second-order valence-corrected chi connectivity index (χ2v) is 7.77. The minimum Gasteiger partial charge on any atom is -0.310 e. The first-order valence-electron chi connectivity index (χ1n) is 9.47. The van der Waals surface area contributed by atoms with Crippen molar-refractivity contribution in [3.8, 4) is 0 Å². The van der Waals surface area contributed by atoms with E-state index in [2.05, 4.69) is 41.7 Å². The number of rotatable bonds is 2. The lowest BCUT2D eigenvalue weighted by atomic mass is 9.65. The number of carbonyl (C=O) groups excluding carboxylic acids is 1. The highest BCUT2D eigenvalue weighted by atomic mass is 16.2. The maximum atomic E-state index is 13.8. The van der Waals surface area contributed by atoms with Gasteiger partial charge in [0.2, 0.25) is 5.91 Å². The molecule has 2 aliphatic heterocycles. The zero-order valence-electron chi connectivity index (χ0n) is 14.5. The Hall–Kier alpha value is -2.13. The predicted octanol–water partition coefficient (Wildman–Crippen LogP) is 3.78. The Morgan fingerprint density at radius 2 is 1.64 bits per heavy atom. The molecule has 3 nitrogen and oxygen atoms in total. The summed E-state index contributed by atoms with van der Waals surface area (Å²) in [6.45, 7) is 1.60. The molecule has 1 aliphatic carbocycles. The van der Waals surface area contributed by atoms with Crippen LogP contribution in [0.15, 0.2) is 54.6 Å². The van der Waals surface area contributed by atoms with Crippen LogP contribution in [0.4, 0.5) is 5.69 Å². The van der Waals surface area contributed by atoms with E-state index in [-0.39, 0.29) is 11.0 Å². The molecule has 2 aromatic rings. The summed E-state index contributed by atoms with van der Waals surface area (Å²) in [5, 5.41) is 3.77. The van der Waals surface area contributed by atoms with Crippen LogP contribution >= 0.6 is 0 Å². The molecule has 128 valence electrons. The molecule has 2 fully saturated rings. The van der Waals surface area contributed by atoms with Gasteiger partial charge >= 0.3 is 0 Å². The molecule has 25 heavy (non-hydrogen) atoms. The molecule has 1 atom stereocenters. The Morgan fingerprint density at radius 1 is 0.920 bits per heavy atom. The van der Waals surface area contributed by atoms with Gasteiger partial charge in [0, 0.05) is 11.2 Å². The maximum Gasteiger partial charge on any atom is 0.239 e. The van der Waals surface area contributed by atoms with Crippen LogP contribution < -0.4 is 10.2 Å². The number of anilines is 1. The molecule has 1 unspecified atom stereocenters. The second-order valence-electron chi connectivity index (χ2n) is 7.77. The fourth-order valence-corrected chi connectivity index (χ4v) is 5.61. The lowest BCUT2D eigenvalue weighted by Crippen LogP contribution is -2.57. The highest BCUT2D eigenvalue weighted by Crippen LogP contribution is 2.57. The molecular formula is C22H24N2O. The number of benzene rings is 2. The van der Waals surface area contributed by atoms with Crippen molar-refractivity contribution < 1.29 is 4.79 Å². The number of para-hydroxylation sites is 1. The van der Waals surface area contributed by atoms with E-state index in [1.807, 2.05) is 23.1 Å².